The Bertz CT molecular complexity index is 662. The van der Waals surface area contributed by atoms with E-state index in [9.17, 15) is 0 Å². The van der Waals surface area contributed by atoms with E-state index in [0.717, 1.165) is 29.9 Å². The molecule has 0 bridgehead atoms. The highest BCUT2D eigenvalue weighted by Crippen LogP contribution is 2.26. The third kappa shape index (κ3) is 2.51. The van der Waals surface area contributed by atoms with Gasteiger partial charge >= 0.3 is 0 Å². The molecule has 0 saturated carbocycles. The van der Waals surface area contributed by atoms with Crippen molar-refractivity contribution in [3.63, 3.8) is 0 Å². The van der Waals surface area contributed by atoms with Crippen LogP contribution in [0.25, 0.3) is 0 Å². The molecular weight excluding hydrogens is 270 g/mol. The molecular formula is C14H17N5S. The molecule has 3 rings (SSSR count). The Morgan fingerprint density at radius 2 is 2.20 bits per heavy atom. The number of hydrogen-bond acceptors (Lipinski definition) is 4. The summed E-state index contributed by atoms with van der Waals surface area (Å²) in [6.45, 7) is 0. The van der Waals surface area contributed by atoms with Crippen LogP contribution in [0, 0.1) is 0 Å². The molecule has 1 aliphatic rings. The maximum absolute atomic E-state index is 5.83. The largest absolute Gasteiger partial charge is 0.389 e. The lowest BCUT2D eigenvalue weighted by Gasteiger charge is -2.18. The molecule has 2 aromatic rings. The summed E-state index contributed by atoms with van der Waals surface area (Å²) < 4.78 is 1.74. The Balaban J connectivity index is 2.01. The molecule has 0 aliphatic heterocycles. The van der Waals surface area contributed by atoms with Crippen molar-refractivity contribution in [3.05, 3.63) is 35.2 Å². The van der Waals surface area contributed by atoms with E-state index in [4.69, 9.17) is 22.9 Å². The van der Waals surface area contributed by atoms with Crippen LogP contribution in [0.1, 0.15) is 29.7 Å². The highest BCUT2D eigenvalue weighted by Gasteiger charge is 2.17. The molecule has 0 radical (unpaired) electrons. The highest BCUT2D eigenvalue weighted by molar-refractivity contribution is 7.80. The van der Waals surface area contributed by atoms with E-state index in [1.54, 1.807) is 4.68 Å². The number of thiocarbonyl (C=S) groups is 1. The molecule has 6 heteroatoms. The second-order valence-corrected chi connectivity index (χ2v) is 5.50. The Kier molecular flexibility index (Phi) is 3.40. The molecule has 0 unspecified atom stereocenters. The van der Waals surface area contributed by atoms with Gasteiger partial charge in [-0.1, -0.05) is 12.2 Å². The summed E-state index contributed by atoms with van der Waals surface area (Å²) in [6, 6.07) is 3.97. The third-order valence-electron chi connectivity index (χ3n) is 3.53. The van der Waals surface area contributed by atoms with E-state index in [1.807, 2.05) is 19.3 Å². The second-order valence-electron chi connectivity index (χ2n) is 5.06. The molecule has 0 amide bonds. The number of rotatable bonds is 3. The Labute approximate surface area is 123 Å². The third-order valence-corrected chi connectivity index (χ3v) is 3.75. The minimum absolute atomic E-state index is 0.365. The van der Waals surface area contributed by atoms with Gasteiger partial charge in [0.1, 0.15) is 10.8 Å². The van der Waals surface area contributed by atoms with Gasteiger partial charge in [-0.15, -0.1) is 0 Å². The molecule has 5 nitrogen and oxygen atoms in total. The van der Waals surface area contributed by atoms with Crippen LogP contribution in [0.2, 0.25) is 0 Å². The fourth-order valence-corrected chi connectivity index (χ4v) is 2.68. The number of nitrogens with one attached hydrogen (secondary N) is 1. The Hall–Kier alpha value is -1.95. The lowest BCUT2D eigenvalue weighted by molar-refractivity contribution is 0.668. The Morgan fingerprint density at radius 3 is 2.90 bits per heavy atom. The maximum Gasteiger partial charge on any atom is 0.153 e. The van der Waals surface area contributed by atoms with Crippen molar-refractivity contribution in [3.8, 4) is 0 Å². The summed E-state index contributed by atoms with van der Waals surface area (Å²) in [5, 5.41) is 7.51. The molecule has 0 aromatic carbocycles. The molecule has 2 aromatic heterocycles. The monoisotopic (exact) mass is 287 g/mol. The van der Waals surface area contributed by atoms with Gasteiger partial charge < -0.3 is 11.1 Å². The summed E-state index contributed by atoms with van der Waals surface area (Å²) in [5.74, 6) is 1.45. The minimum atomic E-state index is 0.365. The van der Waals surface area contributed by atoms with Gasteiger partial charge in [-0.05, 0) is 37.3 Å². The van der Waals surface area contributed by atoms with E-state index >= 15 is 0 Å². The summed E-state index contributed by atoms with van der Waals surface area (Å²) in [6.07, 6.45) is 6.35. The average Bonchev–Trinajstić information content (AvgIpc) is 2.83. The van der Waals surface area contributed by atoms with Gasteiger partial charge in [0.15, 0.2) is 5.82 Å². The molecule has 0 saturated heterocycles. The van der Waals surface area contributed by atoms with Gasteiger partial charge in [-0.2, -0.15) is 5.10 Å². The topological polar surface area (TPSA) is 68.8 Å². The molecule has 3 N–H and O–H groups in total. The number of nitrogens with zero attached hydrogens (tertiary/aromatic N) is 3. The van der Waals surface area contributed by atoms with Crippen molar-refractivity contribution in [1.29, 1.82) is 0 Å². The van der Waals surface area contributed by atoms with Crippen molar-refractivity contribution in [2.24, 2.45) is 12.8 Å². The van der Waals surface area contributed by atoms with Crippen LogP contribution in [0.5, 0.6) is 0 Å². The van der Waals surface area contributed by atoms with E-state index in [0.29, 0.717) is 10.8 Å². The van der Waals surface area contributed by atoms with Crippen LogP contribution >= 0.6 is 12.2 Å². The predicted octanol–water partition coefficient (Wildman–Crippen LogP) is 2.07. The molecule has 2 heterocycles. The number of pyridine rings is 1. The molecule has 104 valence electrons. The van der Waals surface area contributed by atoms with Crippen LogP contribution in [-0.2, 0) is 19.9 Å². The molecule has 20 heavy (non-hydrogen) atoms. The van der Waals surface area contributed by atoms with Crippen LogP contribution in [0.3, 0.4) is 0 Å². The van der Waals surface area contributed by atoms with Crippen LogP contribution in [-0.4, -0.2) is 19.8 Å². The van der Waals surface area contributed by atoms with Crippen LogP contribution in [0.15, 0.2) is 18.3 Å². The first kappa shape index (κ1) is 13.1. The van der Waals surface area contributed by atoms with Crippen molar-refractivity contribution in [1.82, 2.24) is 14.8 Å². The quantitative estimate of drug-likeness (QED) is 0.846. The fourth-order valence-electron chi connectivity index (χ4n) is 2.52. The second kappa shape index (κ2) is 5.20. The highest BCUT2D eigenvalue weighted by atomic mass is 32.1. The normalized spacial score (nSPS) is 13.8. The van der Waals surface area contributed by atoms with Crippen LogP contribution in [0.4, 0.5) is 11.6 Å². The van der Waals surface area contributed by atoms with Crippen molar-refractivity contribution >= 4 is 28.8 Å². The summed E-state index contributed by atoms with van der Waals surface area (Å²) in [4.78, 5) is 5.08. The van der Waals surface area contributed by atoms with E-state index in [-0.39, 0.29) is 0 Å². The van der Waals surface area contributed by atoms with Crippen molar-refractivity contribution < 1.29 is 0 Å². The summed E-state index contributed by atoms with van der Waals surface area (Å²) in [7, 11) is 1.87. The van der Waals surface area contributed by atoms with Gasteiger partial charge in [0.25, 0.3) is 0 Å². The number of nitrogens with two attached hydrogens (primary N) is 1. The molecule has 1 aliphatic carbocycles. The van der Waals surface area contributed by atoms with Crippen LogP contribution < -0.4 is 11.1 Å². The summed E-state index contributed by atoms with van der Waals surface area (Å²) >= 11 is 5.15. The minimum Gasteiger partial charge on any atom is -0.389 e. The number of aromatic nitrogens is 3. The van der Waals surface area contributed by atoms with Gasteiger partial charge in [0, 0.05) is 25.0 Å². The standard InChI is InChI=1S/C14H17N5S/c1-19-7-6-12(18-19)17-14-10(13(15)20)8-9-4-2-3-5-11(9)16-14/h6-8H,2-5H2,1H3,(H2,15,20)(H,16,17,18). The predicted molar refractivity (Wildman–Crippen MR) is 83.3 cm³/mol. The first-order chi connectivity index (χ1) is 9.63. The van der Waals surface area contributed by atoms with Crippen molar-refractivity contribution in [2.45, 2.75) is 25.7 Å². The zero-order valence-corrected chi connectivity index (χ0v) is 12.2. The van der Waals surface area contributed by atoms with Gasteiger partial charge in [-0.25, -0.2) is 4.98 Å². The number of aryl methyl sites for hydroxylation is 3. The Morgan fingerprint density at radius 1 is 1.40 bits per heavy atom. The first-order valence-corrected chi connectivity index (χ1v) is 7.13. The lowest BCUT2D eigenvalue weighted by atomic mass is 9.94. The summed E-state index contributed by atoms with van der Waals surface area (Å²) in [5.41, 5.74) is 9.05. The SMILES string of the molecule is Cn1ccc(Nc2nc3c(cc2C(N)=S)CCCC3)n1. The first-order valence-electron chi connectivity index (χ1n) is 6.73. The van der Waals surface area contributed by atoms with Gasteiger partial charge in [-0.3, -0.25) is 4.68 Å². The lowest BCUT2D eigenvalue weighted by Crippen LogP contribution is -2.17. The van der Waals surface area contributed by atoms with Crippen molar-refractivity contribution in [2.75, 3.05) is 5.32 Å². The molecule has 0 atom stereocenters. The average molecular weight is 287 g/mol. The maximum atomic E-state index is 5.83. The zero-order valence-electron chi connectivity index (χ0n) is 11.4. The zero-order chi connectivity index (χ0) is 14.1. The van der Waals surface area contributed by atoms with E-state index in [1.165, 1.54) is 18.4 Å². The smallest absolute Gasteiger partial charge is 0.153 e. The van der Waals surface area contributed by atoms with E-state index < -0.39 is 0 Å². The van der Waals surface area contributed by atoms with Gasteiger partial charge in [0.05, 0.1) is 5.56 Å². The van der Waals surface area contributed by atoms with E-state index in [2.05, 4.69) is 16.5 Å². The number of anilines is 2. The molecule has 0 fully saturated rings. The van der Waals surface area contributed by atoms with Gasteiger partial charge in [0.2, 0.25) is 0 Å². The number of fused-ring (bicyclic) bond motifs is 1. The fraction of sp³-hybridized carbons (Fsp3) is 0.357. The number of hydrogen-bond donors (Lipinski definition) is 2. The molecule has 0 spiro atoms.